The van der Waals surface area contributed by atoms with Crippen LogP contribution in [0.1, 0.15) is 5.56 Å². The van der Waals surface area contributed by atoms with Crippen LogP contribution in [0.3, 0.4) is 0 Å². The Morgan fingerprint density at radius 2 is 2.04 bits per heavy atom. The monoisotopic (exact) mass is 398 g/mol. The molecule has 2 rings (SSSR count). The van der Waals surface area contributed by atoms with E-state index in [4.69, 9.17) is 33.7 Å². The summed E-state index contributed by atoms with van der Waals surface area (Å²) in [5, 5.41) is 25.4. The number of benzene rings is 1. The summed E-state index contributed by atoms with van der Waals surface area (Å²) in [6.07, 6.45) is 3.52. The Labute approximate surface area is 159 Å². The first-order chi connectivity index (χ1) is 12.5. The number of aliphatic hydroxyl groups excluding tert-OH is 1. The van der Waals surface area contributed by atoms with Gasteiger partial charge in [-0.05, 0) is 12.1 Å². The molecule has 0 aliphatic heterocycles. The molecule has 2 aromatic rings. The fourth-order valence-electron chi connectivity index (χ4n) is 1.91. The number of aliphatic hydroxyl groups is 1. The molecule has 0 unspecified atom stereocenters. The largest absolute Gasteiger partial charge is 0.395 e. The normalized spacial score (nSPS) is 11.2. The molecule has 138 valence electrons. The second-order valence-corrected chi connectivity index (χ2v) is 5.81. The Kier molecular flexibility index (Phi) is 7.58. The average Bonchev–Trinajstić information content (AvgIpc) is 2.63. The molecule has 0 amide bonds. The summed E-state index contributed by atoms with van der Waals surface area (Å²) in [4.78, 5) is 7.88. The van der Waals surface area contributed by atoms with E-state index in [-0.39, 0.29) is 24.9 Å². The third-order valence-electron chi connectivity index (χ3n) is 3.16. The van der Waals surface area contributed by atoms with E-state index in [0.717, 1.165) is 12.4 Å². The molecule has 0 saturated heterocycles. The van der Waals surface area contributed by atoms with Gasteiger partial charge in [-0.2, -0.15) is 4.98 Å². The summed E-state index contributed by atoms with van der Waals surface area (Å²) in [6.45, 7) is 0.458. The molecular weight excluding hydrogens is 382 g/mol. The van der Waals surface area contributed by atoms with E-state index in [1.807, 2.05) is 0 Å². The summed E-state index contributed by atoms with van der Waals surface area (Å²) in [7, 11) is 0. The van der Waals surface area contributed by atoms with Crippen molar-refractivity contribution in [2.45, 2.75) is 6.54 Å². The molecule has 0 bridgehead atoms. The molecule has 0 aliphatic carbocycles. The predicted octanol–water partition coefficient (Wildman–Crippen LogP) is 3.02. The van der Waals surface area contributed by atoms with Crippen LogP contribution in [0, 0.1) is 11.2 Å². The number of nitrogens with one attached hydrogen (secondary N) is 4. The minimum absolute atomic E-state index is 0.0360. The molecule has 1 aromatic heterocycles. The van der Waals surface area contributed by atoms with Gasteiger partial charge in [-0.1, -0.05) is 29.3 Å². The first-order valence-electron chi connectivity index (χ1n) is 7.56. The van der Waals surface area contributed by atoms with Crippen molar-refractivity contribution in [2.75, 3.05) is 23.8 Å². The number of rotatable bonds is 9. The molecule has 1 aromatic carbocycles. The number of hydrogen-bond donors (Lipinski definition) is 5. The SMILES string of the molecule is N=C/C(=C\NCCO)Nc1ncc(F)c(NCc2c(Cl)cccc2Cl)n1. The van der Waals surface area contributed by atoms with E-state index in [2.05, 4.69) is 25.9 Å². The van der Waals surface area contributed by atoms with Crippen molar-refractivity contribution in [3.63, 3.8) is 0 Å². The highest BCUT2D eigenvalue weighted by atomic mass is 35.5. The summed E-state index contributed by atoms with van der Waals surface area (Å²) in [5.41, 5.74) is 0.960. The lowest BCUT2D eigenvalue weighted by Gasteiger charge is -2.11. The fourth-order valence-corrected chi connectivity index (χ4v) is 2.45. The van der Waals surface area contributed by atoms with Gasteiger partial charge in [-0.3, -0.25) is 0 Å². The maximum atomic E-state index is 14.0. The Balaban J connectivity index is 2.11. The van der Waals surface area contributed by atoms with Crippen molar-refractivity contribution in [1.82, 2.24) is 15.3 Å². The lowest BCUT2D eigenvalue weighted by molar-refractivity contribution is 0.298. The summed E-state index contributed by atoms with van der Waals surface area (Å²) in [5.74, 6) is -0.580. The van der Waals surface area contributed by atoms with Gasteiger partial charge in [0, 0.05) is 41.1 Å². The zero-order valence-corrected chi connectivity index (χ0v) is 15.1. The van der Waals surface area contributed by atoms with Crippen LogP contribution in [0.25, 0.3) is 0 Å². The number of hydrogen-bond acceptors (Lipinski definition) is 7. The van der Waals surface area contributed by atoms with Gasteiger partial charge in [0.1, 0.15) is 0 Å². The van der Waals surface area contributed by atoms with Crippen LogP contribution in [0.15, 0.2) is 36.3 Å². The van der Waals surface area contributed by atoms with E-state index < -0.39 is 5.82 Å². The predicted molar refractivity (Wildman–Crippen MR) is 101 cm³/mol. The maximum Gasteiger partial charge on any atom is 0.229 e. The third kappa shape index (κ3) is 5.55. The molecule has 0 saturated carbocycles. The van der Waals surface area contributed by atoms with Crippen molar-refractivity contribution in [3.8, 4) is 0 Å². The van der Waals surface area contributed by atoms with Crippen LogP contribution in [0.5, 0.6) is 0 Å². The van der Waals surface area contributed by atoms with Gasteiger partial charge in [-0.15, -0.1) is 0 Å². The van der Waals surface area contributed by atoms with Gasteiger partial charge in [0.2, 0.25) is 5.95 Å². The Bertz CT molecular complexity index is 782. The second kappa shape index (κ2) is 9.91. The minimum atomic E-state index is -0.641. The molecule has 0 spiro atoms. The van der Waals surface area contributed by atoms with Gasteiger partial charge in [0.25, 0.3) is 0 Å². The number of halogens is 3. The molecule has 0 radical (unpaired) electrons. The highest BCUT2D eigenvalue weighted by molar-refractivity contribution is 6.36. The van der Waals surface area contributed by atoms with Gasteiger partial charge in [-0.25, -0.2) is 9.37 Å². The van der Waals surface area contributed by atoms with Crippen LogP contribution in [0.4, 0.5) is 16.2 Å². The standard InChI is InChI=1S/C16H17Cl2FN6O/c17-12-2-1-3-13(18)11(12)8-22-15-14(19)9-23-16(25-15)24-10(6-20)7-21-4-5-26/h1-3,6-7,9,20-21,26H,4-5,8H2,(H2,22,23,24,25)/b10-7+,20-6?. The topological polar surface area (TPSA) is 106 Å². The lowest BCUT2D eigenvalue weighted by Crippen LogP contribution is -2.15. The van der Waals surface area contributed by atoms with E-state index in [0.29, 0.717) is 27.9 Å². The zero-order chi connectivity index (χ0) is 18.9. The second-order valence-electron chi connectivity index (χ2n) is 4.99. The third-order valence-corrected chi connectivity index (χ3v) is 3.87. The molecule has 5 N–H and O–H groups in total. The van der Waals surface area contributed by atoms with Crippen molar-refractivity contribution in [1.29, 1.82) is 5.41 Å². The van der Waals surface area contributed by atoms with E-state index in [1.54, 1.807) is 18.2 Å². The number of allylic oxidation sites excluding steroid dienone is 1. The van der Waals surface area contributed by atoms with Crippen molar-refractivity contribution in [3.05, 3.63) is 57.7 Å². The lowest BCUT2D eigenvalue weighted by atomic mass is 10.2. The highest BCUT2D eigenvalue weighted by Crippen LogP contribution is 2.25. The molecule has 0 atom stereocenters. The Morgan fingerprint density at radius 3 is 2.69 bits per heavy atom. The summed E-state index contributed by atoms with van der Waals surface area (Å²) in [6, 6.07) is 5.10. The van der Waals surface area contributed by atoms with E-state index in [1.165, 1.54) is 6.20 Å². The van der Waals surface area contributed by atoms with Crippen molar-refractivity contribution in [2.24, 2.45) is 0 Å². The van der Waals surface area contributed by atoms with Crippen LogP contribution in [0.2, 0.25) is 10.0 Å². The van der Waals surface area contributed by atoms with Crippen LogP contribution in [-0.2, 0) is 6.54 Å². The Morgan fingerprint density at radius 1 is 1.31 bits per heavy atom. The Hall–Kier alpha value is -2.42. The number of nitrogens with zero attached hydrogens (tertiary/aromatic N) is 2. The molecule has 7 nitrogen and oxygen atoms in total. The van der Waals surface area contributed by atoms with Gasteiger partial charge >= 0.3 is 0 Å². The minimum Gasteiger partial charge on any atom is -0.395 e. The fraction of sp³-hybridized carbons (Fsp3) is 0.188. The van der Waals surface area contributed by atoms with E-state index in [9.17, 15) is 4.39 Å². The first kappa shape index (κ1) is 19.9. The molecule has 10 heteroatoms. The maximum absolute atomic E-state index is 14.0. The summed E-state index contributed by atoms with van der Waals surface area (Å²) >= 11 is 12.2. The molecule has 1 heterocycles. The number of anilines is 2. The molecule has 0 fully saturated rings. The van der Waals surface area contributed by atoms with E-state index >= 15 is 0 Å². The van der Waals surface area contributed by atoms with Crippen molar-refractivity contribution < 1.29 is 9.50 Å². The quantitative estimate of drug-likeness (QED) is 0.328. The van der Waals surface area contributed by atoms with Crippen LogP contribution in [-0.4, -0.2) is 34.4 Å². The number of aromatic nitrogens is 2. The zero-order valence-electron chi connectivity index (χ0n) is 13.6. The van der Waals surface area contributed by atoms with Gasteiger partial charge in [0.15, 0.2) is 11.6 Å². The molecular formula is C16H17Cl2FN6O. The van der Waals surface area contributed by atoms with Gasteiger partial charge in [0.05, 0.1) is 18.5 Å². The van der Waals surface area contributed by atoms with Crippen LogP contribution >= 0.6 is 23.2 Å². The van der Waals surface area contributed by atoms with Crippen molar-refractivity contribution >= 4 is 41.2 Å². The molecule has 26 heavy (non-hydrogen) atoms. The highest BCUT2D eigenvalue weighted by Gasteiger charge is 2.10. The first-order valence-corrected chi connectivity index (χ1v) is 8.32. The molecule has 0 aliphatic rings. The van der Waals surface area contributed by atoms with Gasteiger partial charge < -0.3 is 26.5 Å². The smallest absolute Gasteiger partial charge is 0.229 e. The van der Waals surface area contributed by atoms with Crippen LogP contribution < -0.4 is 16.0 Å². The summed E-state index contributed by atoms with van der Waals surface area (Å²) < 4.78 is 14.0. The average molecular weight is 399 g/mol.